The standard InChI is InChI=1S/C14H18B2N2O/c15-11-5-3-10(4-6-11)9-18-12(19)14(17-13(18)16)7-1-2-8-14/h3-6H,1-2,7-9,15-16H2. The second kappa shape index (κ2) is 4.55. The first kappa shape index (κ1) is 12.5. The summed E-state index contributed by atoms with van der Waals surface area (Å²) in [5.41, 5.74) is 2.89. The van der Waals surface area contributed by atoms with Crippen LogP contribution < -0.4 is 5.46 Å². The third-order valence-corrected chi connectivity index (χ3v) is 4.30. The van der Waals surface area contributed by atoms with Crippen LogP contribution in [-0.4, -0.2) is 37.8 Å². The minimum Gasteiger partial charge on any atom is -0.303 e. The first-order valence-corrected chi connectivity index (χ1v) is 7.05. The lowest BCUT2D eigenvalue weighted by Crippen LogP contribution is -2.40. The fraction of sp³-hybridized carbons (Fsp3) is 0.429. The Balaban J connectivity index is 1.81. The summed E-state index contributed by atoms with van der Waals surface area (Å²) in [6, 6.07) is 8.37. The molecule has 0 bridgehead atoms. The molecule has 1 heterocycles. The lowest BCUT2D eigenvalue weighted by atomic mass is 9.95. The van der Waals surface area contributed by atoms with Gasteiger partial charge in [-0.2, -0.15) is 0 Å². The van der Waals surface area contributed by atoms with Gasteiger partial charge in [0.25, 0.3) is 5.91 Å². The summed E-state index contributed by atoms with van der Waals surface area (Å²) in [7, 11) is 4.03. The van der Waals surface area contributed by atoms with E-state index in [4.69, 9.17) is 0 Å². The third kappa shape index (κ3) is 2.11. The first-order valence-electron chi connectivity index (χ1n) is 7.05. The van der Waals surface area contributed by atoms with Gasteiger partial charge < -0.3 is 4.90 Å². The van der Waals surface area contributed by atoms with Crippen molar-refractivity contribution >= 4 is 32.8 Å². The van der Waals surface area contributed by atoms with Crippen molar-refractivity contribution in [2.24, 2.45) is 4.99 Å². The Labute approximate surface area is 115 Å². The zero-order chi connectivity index (χ0) is 13.5. The van der Waals surface area contributed by atoms with E-state index in [0.717, 1.165) is 31.4 Å². The van der Waals surface area contributed by atoms with E-state index in [2.05, 4.69) is 37.1 Å². The van der Waals surface area contributed by atoms with Crippen LogP contribution in [0.1, 0.15) is 31.2 Å². The average Bonchev–Trinajstić information content (AvgIpc) is 2.94. The molecule has 5 heteroatoms. The average molecular weight is 252 g/mol. The van der Waals surface area contributed by atoms with Crippen molar-refractivity contribution < 1.29 is 4.79 Å². The highest BCUT2D eigenvalue weighted by atomic mass is 16.2. The van der Waals surface area contributed by atoms with Gasteiger partial charge >= 0.3 is 0 Å². The van der Waals surface area contributed by atoms with Crippen LogP contribution in [0.25, 0.3) is 0 Å². The van der Waals surface area contributed by atoms with Crippen molar-refractivity contribution in [3.8, 4) is 0 Å². The molecular formula is C14H18B2N2O. The number of benzene rings is 1. The second-order valence-electron chi connectivity index (χ2n) is 5.77. The smallest absolute Gasteiger partial charge is 0.255 e. The highest BCUT2D eigenvalue weighted by Gasteiger charge is 2.48. The van der Waals surface area contributed by atoms with Crippen molar-refractivity contribution in [3.05, 3.63) is 29.8 Å². The van der Waals surface area contributed by atoms with Crippen molar-refractivity contribution in [3.63, 3.8) is 0 Å². The van der Waals surface area contributed by atoms with Gasteiger partial charge in [0, 0.05) is 0 Å². The normalized spacial score (nSPS) is 21.2. The van der Waals surface area contributed by atoms with Crippen molar-refractivity contribution in [2.75, 3.05) is 0 Å². The molecule has 3 nitrogen and oxygen atoms in total. The molecule has 1 amide bonds. The van der Waals surface area contributed by atoms with Gasteiger partial charge in [0.2, 0.25) is 0 Å². The topological polar surface area (TPSA) is 32.7 Å². The van der Waals surface area contributed by atoms with Crippen LogP contribution in [0, 0.1) is 0 Å². The van der Waals surface area contributed by atoms with Crippen LogP contribution in [0.3, 0.4) is 0 Å². The van der Waals surface area contributed by atoms with Gasteiger partial charge in [-0.25, -0.2) is 0 Å². The predicted molar refractivity (Wildman–Crippen MR) is 82.3 cm³/mol. The molecule has 1 saturated carbocycles. The molecule has 0 unspecified atom stereocenters. The molecule has 96 valence electrons. The number of carbonyl (C=O) groups excluding carboxylic acids is 1. The summed E-state index contributed by atoms with van der Waals surface area (Å²) in [6.07, 6.45) is 4.10. The maximum absolute atomic E-state index is 12.6. The predicted octanol–water partition coefficient (Wildman–Crippen LogP) is -0.411. The Morgan fingerprint density at radius 3 is 2.42 bits per heavy atom. The summed E-state index contributed by atoms with van der Waals surface area (Å²) >= 11 is 0. The third-order valence-electron chi connectivity index (χ3n) is 4.30. The number of amides is 1. The number of amidine groups is 1. The lowest BCUT2D eigenvalue weighted by Gasteiger charge is -2.22. The molecule has 19 heavy (non-hydrogen) atoms. The van der Waals surface area contributed by atoms with E-state index < -0.39 is 5.54 Å². The molecule has 1 aliphatic heterocycles. The minimum absolute atomic E-state index is 0.211. The molecule has 1 fully saturated rings. The molecule has 0 radical (unpaired) electrons. The molecule has 2 aliphatic rings. The summed E-state index contributed by atoms with van der Waals surface area (Å²) in [5.74, 6) is 0.211. The van der Waals surface area contributed by atoms with E-state index >= 15 is 0 Å². The SMILES string of the molecule is BC1=NC2(CCCC2)C(=O)N1Cc1ccc(B)cc1. The Bertz CT molecular complexity index is 533. The summed E-state index contributed by atoms with van der Waals surface area (Å²) in [5, 5.41) is 0. The lowest BCUT2D eigenvalue weighted by molar-refractivity contribution is -0.131. The molecule has 0 N–H and O–H groups in total. The Kier molecular flexibility index (Phi) is 3.00. The number of hydrogen-bond acceptors (Lipinski definition) is 2. The largest absolute Gasteiger partial charge is 0.303 e. The van der Waals surface area contributed by atoms with Crippen LogP contribution in [0.4, 0.5) is 0 Å². The molecule has 1 spiro atoms. The van der Waals surface area contributed by atoms with Gasteiger partial charge in [-0.3, -0.25) is 9.79 Å². The van der Waals surface area contributed by atoms with Gasteiger partial charge in [-0.1, -0.05) is 42.6 Å². The number of hydrogen-bond donors (Lipinski definition) is 0. The van der Waals surface area contributed by atoms with Gasteiger partial charge in [0.05, 0.1) is 12.3 Å². The summed E-state index contributed by atoms with van der Waals surface area (Å²) < 4.78 is 0. The number of carbonyl (C=O) groups is 1. The number of aliphatic imine (C=N–C) groups is 1. The second-order valence-corrected chi connectivity index (χ2v) is 5.77. The summed E-state index contributed by atoms with van der Waals surface area (Å²) in [4.78, 5) is 19.2. The Morgan fingerprint density at radius 1 is 1.16 bits per heavy atom. The molecule has 0 atom stereocenters. The van der Waals surface area contributed by atoms with E-state index in [0.29, 0.717) is 6.54 Å². The van der Waals surface area contributed by atoms with E-state index in [1.165, 1.54) is 11.0 Å². The fourth-order valence-corrected chi connectivity index (χ4v) is 3.16. The van der Waals surface area contributed by atoms with E-state index in [-0.39, 0.29) is 5.91 Å². The van der Waals surface area contributed by atoms with Crippen LogP contribution in [0.15, 0.2) is 29.3 Å². The van der Waals surface area contributed by atoms with Gasteiger partial charge in [0.1, 0.15) is 13.4 Å². The zero-order valence-corrected chi connectivity index (χ0v) is 11.6. The van der Waals surface area contributed by atoms with Gasteiger partial charge in [-0.15, -0.1) is 0 Å². The fourth-order valence-electron chi connectivity index (χ4n) is 3.16. The Hall–Kier alpha value is -1.51. The maximum Gasteiger partial charge on any atom is 0.255 e. The molecule has 1 aromatic rings. The van der Waals surface area contributed by atoms with Crippen LogP contribution in [0.2, 0.25) is 0 Å². The molecule has 3 rings (SSSR count). The highest BCUT2D eigenvalue weighted by molar-refractivity contribution is 6.61. The molecule has 0 aromatic heterocycles. The number of rotatable bonds is 2. The van der Waals surface area contributed by atoms with Crippen molar-refractivity contribution in [1.29, 1.82) is 0 Å². The van der Waals surface area contributed by atoms with Crippen LogP contribution in [0.5, 0.6) is 0 Å². The first-order chi connectivity index (χ1) is 9.11. The van der Waals surface area contributed by atoms with Crippen molar-refractivity contribution in [1.82, 2.24) is 4.90 Å². The maximum atomic E-state index is 12.6. The van der Waals surface area contributed by atoms with E-state index in [1.807, 2.05) is 12.7 Å². The van der Waals surface area contributed by atoms with Crippen molar-refractivity contribution in [2.45, 2.75) is 37.8 Å². The van der Waals surface area contributed by atoms with Gasteiger partial charge in [-0.05, 0) is 18.4 Å². The van der Waals surface area contributed by atoms with Gasteiger partial charge in [0.15, 0.2) is 7.85 Å². The summed E-state index contributed by atoms with van der Waals surface area (Å²) in [6.45, 7) is 0.649. The zero-order valence-electron chi connectivity index (χ0n) is 11.6. The molecule has 0 saturated heterocycles. The quantitative estimate of drug-likeness (QED) is 0.658. The minimum atomic E-state index is -0.408. The number of nitrogens with zero attached hydrogens (tertiary/aromatic N) is 2. The van der Waals surface area contributed by atoms with Crippen LogP contribution >= 0.6 is 0 Å². The molecule has 1 aromatic carbocycles. The molecular weight excluding hydrogens is 234 g/mol. The van der Waals surface area contributed by atoms with Crippen LogP contribution in [-0.2, 0) is 11.3 Å². The monoisotopic (exact) mass is 252 g/mol. The highest BCUT2D eigenvalue weighted by Crippen LogP contribution is 2.38. The van der Waals surface area contributed by atoms with E-state index in [9.17, 15) is 4.79 Å². The molecule has 1 aliphatic carbocycles. The van der Waals surface area contributed by atoms with E-state index in [1.54, 1.807) is 0 Å². The Morgan fingerprint density at radius 2 is 1.79 bits per heavy atom.